The van der Waals surface area contributed by atoms with Gasteiger partial charge < -0.3 is 0 Å². The zero-order valence-electron chi connectivity index (χ0n) is 13.0. The summed E-state index contributed by atoms with van der Waals surface area (Å²) in [7, 11) is 0. The normalized spacial score (nSPS) is 14.1. The molecule has 0 atom stereocenters. The van der Waals surface area contributed by atoms with Crippen molar-refractivity contribution in [1.82, 2.24) is 0 Å². The van der Waals surface area contributed by atoms with E-state index >= 15 is 0 Å². The average molecular weight is 381 g/mol. The van der Waals surface area contributed by atoms with Crippen LogP contribution in [0.15, 0.2) is 92.4 Å². The van der Waals surface area contributed by atoms with E-state index in [2.05, 4.69) is 0 Å². The summed E-state index contributed by atoms with van der Waals surface area (Å²) in [6.45, 7) is 0. The Hall–Kier alpha value is -1.95. The van der Waals surface area contributed by atoms with E-state index < -0.39 is 0 Å². The highest BCUT2D eigenvalue weighted by Gasteiger charge is 2.19. The molecule has 0 radical (unpaired) electrons. The van der Waals surface area contributed by atoms with E-state index in [-0.39, 0.29) is 10.2 Å². The summed E-state index contributed by atoms with van der Waals surface area (Å²) in [6, 6.07) is 22.8. The SMILES string of the molecule is O=C1Sc2ccc(cc2)Sc2ccc(cc2)SC(=O)c2ccccc21. The summed E-state index contributed by atoms with van der Waals surface area (Å²) < 4.78 is 0. The molecule has 3 aromatic rings. The molecule has 6 rings (SSSR count). The molecule has 0 aliphatic carbocycles. The summed E-state index contributed by atoms with van der Waals surface area (Å²) in [4.78, 5) is 29.4. The number of hydrogen-bond donors (Lipinski definition) is 0. The van der Waals surface area contributed by atoms with Crippen LogP contribution in [0.5, 0.6) is 0 Å². The van der Waals surface area contributed by atoms with Crippen molar-refractivity contribution in [3.8, 4) is 0 Å². The van der Waals surface area contributed by atoms with Crippen molar-refractivity contribution in [2.75, 3.05) is 0 Å². The molecule has 3 aliphatic heterocycles. The van der Waals surface area contributed by atoms with Crippen LogP contribution in [0.25, 0.3) is 0 Å². The van der Waals surface area contributed by atoms with Crippen molar-refractivity contribution in [2.24, 2.45) is 0 Å². The number of thioether (sulfide) groups is 2. The Labute approximate surface area is 158 Å². The largest absolute Gasteiger partial charge is 0.281 e. The molecule has 5 heteroatoms. The lowest BCUT2D eigenvalue weighted by Crippen LogP contribution is -2.04. The van der Waals surface area contributed by atoms with E-state index in [9.17, 15) is 9.59 Å². The standard InChI is InChI=1S/C20H12O2S3/c21-19-17-3-1-2-4-18(17)20(22)25-16-11-7-14(8-12-16)23-13-5-9-15(24-19)10-6-13/h1-12H. The minimum Gasteiger partial charge on any atom is -0.281 e. The molecule has 0 N–H and O–H groups in total. The van der Waals surface area contributed by atoms with E-state index in [0.717, 1.165) is 43.1 Å². The van der Waals surface area contributed by atoms with Crippen LogP contribution in [0.2, 0.25) is 0 Å². The van der Waals surface area contributed by atoms with Crippen LogP contribution in [0.1, 0.15) is 20.7 Å². The first kappa shape index (κ1) is 16.5. The van der Waals surface area contributed by atoms with Gasteiger partial charge in [-0.25, -0.2) is 0 Å². The molecule has 0 fully saturated rings. The van der Waals surface area contributed by atoms with Gasteiger partial charge in [0.05, 0.1) is 0 Å². The van der Waals surface area contributed by atoms with Gasteiger partial charge in [0.1, 0.15) is 0 Å². The molecule has 0 spiro atoms. The molecule has 2 nitrogen and oxygen atoms in total. The van der Waals surface area contributed by atoms with Gasteiger partial charge in [-0.2, -0.15) is 0 Å². The second kappa shape index (κ2) is 7.12. The Morgan fingerprint density at radius 1 is 0.440 bits per heavy atom. The Bertz CT molecular complexity index is 869. The zero-order chi connectivity index (χ0) is 17.2. The Kier molecular flexibility index (Phi) is 4.70. The van der Waals surface area contributed by atoms with Gasteiger partial charge in [0.15, 0.2) is 0 Å². The third kappa shape index (κ3) is 3.68. The highest BCUT2D eigenvalue weighted by Crippen LogP contribution is 2.34. The fourth-order valence-electron chi connectivity index (χ4n) is 2.45. The second-order valence-corrected chi connectivity index (χ2v) is 8.61. The average Bonchev–Trinajstić information content (AvgIpc) is 2.65. The fourth-order valence-corrected chi connectivity index (χ4v) is 4.82. The van der Waals surface area contributed by atoms with Crippen molar-refractivity contribution < 1.29 is 9.59 Å². The van der Waals surface area contributed by atoms with Gasteiger partial charge in [0.25, 0.3) is 0 Å². The highest BCUT2D eigenvalue weighted by molar-refractivity contribution is 8.14. The summed E-state index contributed by atoms with van der Waals surface area (Å²) in [6.07, 6.45) is 0. The van der Waals surface area contributed by atoms with Crippen molar-refractivity contribution >= 4 is 45.5 Å². The summed E-state index contributed by atoms with van der Waals surface area (Å²) in [5, 5.41) is -0.232. The molecule has 122 valence electrons. The van der Waals surface area contributed by atoms with Gasteiger partial charge in [0, 0.05) is 30.7 Å². The summed E-state index contributed by atoms with van der Waals surface area (Å²) in [5.74, 6) is 0. The number of fused-ring (bicyclic) bond motifs is 2. The minimum atomic E-state index is -0.116. The van der Waals surface area contributed by atoms with Gasteiger partial charge >= 0.3 is 0 Å². The van der Waals surface area contributed by atoms with Gasteiger partial charge in [-0.3, -0.25) is 9.59 Å². The molecular formula is C20H12O2S3. The van der Waals surface area contributed by atoms with Gasteiger partial charge in [0.2, 0.25) is 10.2 Å². The smallest absolute Gasteiger partial charge is 0.224 e. The maximum Gasteiger partial charge on any atom is 0.224 e. The molecular weight excluding hydrogens is 368 g/mol. The first-order valence-corrected chi connectivity index (χ1v) is 10.1. The topological polar surface area (TPSA) is 34.1 Å². The van der Waals surface area contributed by atoms with Crippen molar-refractivity contribution in [2.45, 2.75) is 19.6 Å². The van der Waals surface area contributed by atoms with Gasteiger partial charge in [-0.05, 0) is 84.2 Å². The first-order chi connectivity index (χ1) is 12.2. The van der Waals surface area contributed by atoms with Crippen LogP contribution in [0.4, 0.5) is 0 Å². The van der Waals surface area contributed by atoms with Crippen molar-refractivity contribution in [3.05, 3.63) is 83.9 Å². The van der Waals surface area contributed by atoms with E-state index in [0.29, 0.717) is 11.1 Å². The monoisotopic (exact) mass is 380 g/mol. The Morgan fingerprint density at radius 3 is 1.12 bits per heavy atom. The van der Waals surface area contributed by atoms with Gasteiger partial charge in [-0.15, -0.1) is 0 Å². The van der Waals surface area contributed by atoms with Crippen LogP contribution in [0.3, 0.4) is 0 Å². The lowest BCUT2D eigenvalue weighted by atomic mass is 10.1. The van der Waals surface area contributed by atoms with Gasteiger partial charge in [-0.1, -0.05) is 23.9 Å². The summed E-state index contributed by atoms with van der Waals surface area (Å²) in [5.41, 5.74) is 0.907. The molecule has 3 aliphatic rings. The van der Waals surface area contributed by atoms with Crippen molar-refractivity contribution in [3.63, 3.8) is 0 Å². The molecule has 25 heavy (non-hydrogen) atoms. The summed E-state index contributed by atoms with van der Waals surface area (Å²) >= 11 is 3.96. The quantitative estimate of drug-likeness (QED) is 0.477. The number of benzene rings is 3. The first-order valence-electron chi connectivity index (χ1n) is 7.60. The van der Waals surface area contributed by atoms with Crippen LogP contribution in [-0.2, 0) is 0 Å². The maximum absolute atomic E-state index is 12.7. The number of hydrogen-bond acceptors (Lipinski definition) is 5. The van der Waals surface area contributed by atoms with Crippen LogP contribution in [0, 0.1) is 0 Å². The van der Waals surface area contributed by atoms with E-state index in [1.54, 1.807) is 36.0 Å². The molecule has 0 saturated heterocycles. The molecule has 0 amide bonds. The van der Waals surface area contributed by atoms with Crippen LogP contribution >= 0.6 is 35.3 Å². The maximum atomic E-state index is 12.7. The molecule has 0 saturated carbocycles. The molecule has 3 aromatic carbocycles. The fraction of sp³-hybridized carbons (Fsp3) is 0. The van der Waals surface area contributed by atoms with E-state index in [1.165, 1.54) is 0 Å². The highest BCUT2D eigenvalue weighted by atomic mass is 32.2. The Morgan fingerprint density at radius 2 is 0.760 bits per heavy atom. The lowest BCUT2D eigenvalue weighted by molar-refractivity contribution is 0.106. The third-order valence-corrected chi connectivity index (χ3v) is 6.51. The molecule has 0 aromatic heterocycles. The van der Waals surface area contributed by atoms with Crippen LogP contribution in [-0.4, -0.2) is 10.2 Å². The molecule has 4 bridgehead atoms. The number of rotatable bonds is 0. The van der Waals surface area contributed by atoms with E-state index in [1.807, 2.05) is 48.5 Å². The zero-order valence-corrected chi connectivity index (χ0v) is 15.4. The minimum absolute atomic E-state index is 0.116. The molecule has 3 heterocycles. The number of carbonyl (C=O) groups is 2. The second-order valence-electron chi connectivity index (χ2n) is 5.37. The van der Waals surface area contributed by atoms with Crippen LogP contribution < -0.4 is 0 Å². The van der Waals surface area contributed by atoms with Crippen molar-refractivity contribution in [1.29, 1.82) is 0 Å². The molecule has 0 unspecified atom stereocenters. The van der Waals surface area contributed by atoms with E-state index in [4.69, 9.17) is 0 Å². The Balaban J connectivity index is 1.82. The third-order valence-electron chi connectivity index (χ3n) is 3.67. The lowest BCUT2D eigenvalue weighted by Gasteiger charge is -2.07. The predicted molar refractivity (Wildman–Crippen MR) is 104 cm³/mol. The predicted octanol–water partition coefficient (Wildman–Crippen LogP) is 6.02. The number of carbonyl (C=O) groups excluding carboxylic acids is 2.